The Kier molecular flexibility index (Phi) is 6.28. The van der Waals surface area contributed by atoms with Crippen molar-refractivity contribution in [2.45, 2.75) is 13.0 Å². The van der Waals surface area contributed by atoms with E-state index in [0.717, 1.165) is 56.0 Å². The van der Waals surface area contributed by atoms with Gasteiger partial charge in [-0.3, -0.25) is 19.5 Å². The van der Waals surface area contributed by atoms with Crippen LogP contribution in [-0.2, 0) is 11.3 Å². The molecule has 0 atom stereocenters. The number of morpholine rings is 1. The molecule has 1 amide bonds. The smallest absolute Gasteiger partial charge is 0.254 e. The van der Waals surface area contributed by atoms with Crippen LogP contribution in [-0.4, -0.2) is 65.9 Å². The molecule has 5 rings (SSSR count). The van der Waals surface area contributed by atoms with Crippen molar-refractivity contribution in [2.24, 2.45) is 0 Å². The van der Waals surface area contributed by atoms with E-state index in [2.05, 4.69) is 9.88 Å². The molecule has 1 fully saturated rings. The van der Waals surface area contributed by atoms with Crippen LogP contribution in [0.15, 0.2) is 67.0 Å². The molecule has 0 spiro atoms. The van der Waals surface area contributed by atoms with Gasteiger partial charge in [-0.2, -0.15) is 0 Å². The first-order chi connectivity index (χ1) is 16.2. The Bertz CT molecular complexity index is 1160. The average Bonchev–Trinajstić information content (AvgIpc) is 3.16. The SMILES string of the molecule is O=C1c2ccccc2-c2ccc(C(=O)N(CCCN3CCOCC3)Cc3ccncc3)cc21. The van der Waals surface area contributed by atoms with Crippen molar-refractivity contribution in [1.82, 2.24) is 14.8 Å². The number of carbonyl (C=O) groups excluding carboxylic acids is 2. The Morgan fingerprint density at radius 1 is 0.939 bits per heavy atom. The Balaban J connectivity index is 1.35. The number of fused-ring (bicyclic) bond motifs is 3. The van der Waals surface area contributed by atoms with Gasteiger partial charge in [-0.05, 0) is 47.4 Å². The third kappa shape index (κ3) is 4.58. The van der Waals surface area contributed by atoms with Crippen LogP contribution in [0.1, 0.15) is 38.3 Å². The molecular formula is C27H27N3O3. The monoisotopic (exact) mass is 441 g/mol. The van der Waals surface area contributed by atoms with Crippen LogP contribution in [0, 0.1) is 0 Å². The molecule has 0 bridgehead atoms. The van der Waals surface area contributed by atoms with Gasteiger partial charge in [0.15, 0.2) is 5.78 Å². The van der Waals surface area contributed by atoms with Gasteiger partial charge in [0.25, 0.3) is 5.91 Å². The molecule has 1 aromatic heterocycles. The van der Waals surface area contributed by atoms with E-state index in [4.69, 9.17) is 4.74 Å². The molecule has 0 saturated carbocycles. The topological polar surface area (TPSA) is 62.7 Å². The van der Waals surface area contributed by atoms with E-state index in [0.29, 0.717) is 29.8 Å². The Hall–Kier alpha value is -3.35. The van der Waals surface area contributed by atoms with Crippen LogP contribution in [0.25, 0.3) is 11.1 Å². The lowest BCUT2D eigenvalue weighted by atomic mass is 10.0. The average molecular weight is 442 g/mol. The number of benzene rings is 2. The number of amides is 1. The molecule has 2 aliphatic rings. The summed E-state index contributed by atoms with van der Waals surface area (Å²) in [5.41, 5.74) is 4.75. The molecule has 2 heterocycles. The van der Waals surface area contributed by atoms with Crippen LogP contribution < -0.4 is 0 Å². The summed E-state index contributed by atoms with van der Waals surface area (Å²) < 4.78 is 5.43. The molecule has 168 valence electrons. The van der Waals surface area contributed by atoms with Gasteiger partial charge in [0.2, 0.25) is 0 Å². The predicted molar refractivity (Wildman–Crippen MR) is 126 cm³/mol. The van der Waals surface area contributed by atoms with Gasteiger partial charge in [-0.15, -0.1) is 0 Å². The highest BCUT2D eigenvalue weighted by Gasteiger charge is 2.28. The van der Waals surface area contributed by atoms with Gasteiger partial charge in [0.1, 0.15) is 0 Å². The van der Waals surface area contributed by atoms with Crippen LogP contribution in [0.4, 0.5) is 0 Å². The molecule has 0 N–H and O–H groups in total. The minimum Gasteiger partial charge on any atom is -0.379 e. The van der Waals surface area contributed by atoms with Gasteiger partial charge in [0.05, 0.1) is 13.2 Å². The van der Waals surface area contributed by atoms with E-state index in [9.17, 15) is 9.59 Å². The van der Waals surface area contributed by atoms with Gasteiger partial charge in [0, 0.05) is 61.8 Å². The summed E-state index contributed by atoms with van der Waals surface area (Å²) in [4.78, 5) is 34.8. The minimum absolute atomic E-state index is 0.0109. The third-order valence-corrected chi connectivity index (χ3v) is 6.39. The zero-order chi connectivity index (χ0) is 22.6. The lowest BCUT2D eigenvalue weighted by Crippen LogP contribution is -2.39. The molecule has 3 aromatic rings. The second-order valence-corrected chi connectivity index (χ2v) is 8.52. The fraction of sp³-hybridized carbons (Fsp3) is 0.296. The number of pyridine rings is 1. The number of nitrogens with zero attached hydrogens (tertiary/aromatic N) is 3. The second-order valence-electron chi connectivity index (χ2n) is 8.52. The molecule has 6 heteroatoms. The quantitative estimate of drug-likeness (QED) is 0.438. The summed E-state index contributed by atoms with van der Waals surface area (Å²) in [5, 5.41) is 0. The van der Waals surface area contributed by atoms with Crippen molar-refractivity contribution in [1.29, 1.82) is 0 Å². The zero-order valence-electron chi connectivity index (χ0n) is 18.6. The molecule has 1 saturated heterocycles. The first-order valence-electron chi connectivity index (χ1n) is 11.5. The predicted octanol–water partition coefficient (Wildman–Crippen LogP) is 3.66. The van der Waals surface area contributed by atoms with Crippen molar-refractivity contribution in [2.75, 3.05) is 39.4 Å². The van der Waals surface area contributed by atoms with E-state index in [1.807, 2.05) is 53.4 Å². The van der Waals surface area contributed by atoms with Crippen LogP contribution in [0.3, 0.4) is 0 Å². The highest BCUT2D eigenvalue weighted by atomic mass is 16.5. The van der Waals surface area contributed by atoms with Gasteiger partial charge >= 0.3 is 0 Å². The maximum Gasteiger partial charge on any atom is 0.254 e. The van der Waals surface area contributed by atoms with Crippen molar-refractivity contribution in [3.8, 4) is 11.1 Å². The number of ether oxygens (including phenoxy) is 1. The fourth-order valence-corrected chi connectivity index (χ4v) is 4.61. The Labute approximate surface area is 193 Å². The maximum atomic E-state index is 13.6. The largest absolute Gasteiger partial charge is 0.379 e. The Morgan fingerprint density at radius 3 is 2.45 bits per heavy atom. The Morgan fingerprint density at radius 2 is 1.67 bits per heavy atom. The maximum absolute atomic E-state index is 13.6. The van der Waals surface area contributed by atoms with Crippen LogP contribution in [0.5, 0.6) is 0 Å². The first-order valence-corrected chi connectivity index (χ1v) is 11.5. The highest BCUT2D eigenvalue weighted by molar-refractivity contribution is 6.22. The molecule has 33 heavy (non-hydrogen) atoms. The standard InChI is InChI=1S/C27H27N3O3/c31-26-24-5-2-1-4-22(24)23-7-6-21(18-25(23)26)27(32)30(19-20-8-10-28-11-9-20)13-3-12-29-14-16-33-17-15-29/h1-2,4-11,18H,3,12-17,19H2. The molecular weight excluding hydrogens is 414 g/mol. The first kappa shape index (κ1) is 21.5. The third-order valence-electron chi connectivity index (χ3n) is 6.39. The normalized spacial score (nSPS) is 15.2. The minimum atomic E-state index is -0.0552. The van der Waals surface area contributed by atoms with E-state index >= 15 is 0 Å². The number of ketones is 1. The highest BCUT2D eigenvalue weighted by Crippen LogP contribution is 2.36. The second kappa shape index (κ2) is 9.65. The molecule has 0 radical (unpaired) electrons. The lowest BCUT2D eigenvalue weighted by molar-refractivity contribution is 0.0355. The zero-order valence-corrected chi connectivity index (χ0v) is 18.6. The number of hydrogen-bond acceptors (Lipinski definition) is 5. The molecule has 2 aromatic carbocycles. The molecule has 6 nitrogen and oxygen atoms in total. The molecule has 1 aliphatic heterocycles. The summed E-state index contributed by atoms with van der Waals surface area (Å²) >= 11 is 0. The van der Waals surface area contributed by atoms with E-state index in [1.54, 1.807) is 18.5 Å². The van der Waals surface area contributed by atoms with E-state index < -0.39 is 0 Å². The summed E-state index contributed by atoms with van der Waals surface area (Å²) in [6.07, 6.45) is 4.38. The van der Waals surface area contributed by atoms with Crippen LogP contribution >= 0.6 is 0 Å². The molecule has 0 unspecified atom stereocenters. The van der Waals surface area contributed by atoms with Crippen molar-refractivity contribution in [3.63, 3.8) is 0 Å². The summed E-state index contributed by atoms with van der Waals surface area (Å²) in [7, 11) is 0. The lowest BCUT2D eigenvalue weighted by Gasteiger charge is -2.28. The summed E-state index contributed by atoms with van der Waals surface area (Å²) in [6.45, 7) is 5.49. The fourth-order valence-electron chi connectivity index (χ4n) is 4.61. The number of carbonyl (C=O) groups is 2. The van der Waals surface area contributed by atoms with Crippen molar-refractivity contribution < 1.29 is 14.3 Å². The van der Waals surface area contributed by atoms with Crippen LogP contribution in [0.2, 0.25) is 0 Å². The van der Waals surface area contributed by atoms with Gasteiger partial charge in [-0.25, -0.2) is 0 Å². The summed E-state index contributed by atoms with van der Waals surface area (Å²) in [5.74, 6) is -0.0661. The number of hydrogen-bond donors (Lipinski definition) is 0. The van der Waals surface area contributed by atoms with E-state index in [-0.39, 0.29) is 11.7 Å². The van der Waals surface area contributed by atoms with Gasteiger partial charge in [-0.1, -0.05) is 30.3 Å². The van der Waals surface area contributed by atoms with E-state index in [1.165, 1.54) is 0 Å². The molecule has 1 aliphatic carbocycles. The van der Waals surface area contributed by atoms with Crippen molar-refractivity contribution >= 4 is 11.7 Å². The summed E-state index contributed by atoms with van der Waals surface area (Å²) in [6, 6.07) is 17.0. The number of aromatic nitrogens is 1. The van der Waals surface area contributed by atoms with Gasteiger partial charge < -0.3 is 9.64 Å². The van der Waals surface area contributed by atoms with Crippen molar-refractivity contribution in [3.05, 3.63) is 89.2 Å². The number of rotatable bonds is 7.